The van der Waals surface area contributed by atoms with E-state index in [1.54, 1.807) is 6.26 Å². The molecule has 0 saturated carbocycles. The van der Waals surface area contributed by atoms with Gasteiger partial charge in [-0.2, -0.15) is 11.8 Å². The summed E-state index contributed by atoms with van der Waals surface area (Å²) in [5.74, 6) is 5.56. The molecule has 70 valence electrons. The van der Waals surface area contributed by atoms with E-state index < -0.39 is 0 Å². The number of nitrogens with one attached hydrogen (secondary N) is 1. The van der Waals surface area contributed by atoms with Gasteiger partial charge in [0.05, 0.1) is 18.6 Å². The van der Waals surface area contributed by atoms with Crippen LogP contribution < -0.4 is 5.32 Å². The highest BCUT2D eigenvalue weighted by Crippen LogP contribution is 2.11. The lowest BCUT2D eigenvalue weighted by molar-refractivity contribution is 0.530. The molecule has 0 aliphatic rings. The van der Waals surface area contributed by atoms with Gasteiger partial charge < -0.3 is 9.73 Å². The highest BCUT2D eigenvalue weighted by molar-refractivity contribution is 7.98. The van der Waals surface area contributed by atoms with Crippen molar-refractivity contribution in [2.45, 2.75) is 5.75 Å². The van der Waals surface area contributed by atoms with Gasteiger partial charge in [-0.3, -0.25) is 0 Å². The normalized spacial score (nSPS) is 9.77. The highest BCUT2D eigenvalue weighted by Gasteiger charge is 1.94. The molecule has 1 N–H and O–H groups in total. The Balaban J connectivity index is 1.94. The zero-order valence-electron chi connectivity index (χ0n) is 7.45. The standard InChI is InChI=1S/C10H13NOS/c1-2-5-11-6-8-13-9-10-4-3-7-12-10/h1,3-4,7,11H,5-6,8-9H2. The Morgan fingerprint density at radius 2 is 2.54 bits per heavy atom. The average Bonchev–Trinajstić information content (AvgIpc) is 2.63. The van der Waals surface area contributed by atoms with Crippen molar-refractivity contribution >= 4 is 11.8 Å². The highest BCUT2D eigenvalue weighted by atomic mass is 32.2. The molecule has 1 aromatic rings. The Labute approximate surface area is 83.1 Å². The molecule has 2 nitrogen and oxygen atoms in total. The van der Waals surface area contributed by atoms with Crippen molar-refractivity contribution in [3.8, 4) is 12.3 Å². The van der Waals surface area contributed by atoms with E-state index in [4.69, 9.17) is 10.8 Å². The number of thioether (sulfide) groups is 1. The first kappa shape index (κ1) is 10.2. The number of furan rings is 1. The van der Waals surface area contributed by atoms with Crippen LogP contribution in [0.4, 0.5) is 0 Å². The van der Waals surface area contributed by atoms with E-state index in [0.717, 1.165) is 23.8 Å². The monoisotopic (exact) mass is 195 g/mol. The zero-order chi connectivity index (χ0) is 9.36. The maximum Gasteiger partial charge on any atom is 0.113 e. The van der Waals surface area contributed by atoms with Gasteiger partial charge in [-0.25, -0.2) is 0 Å². The summed E-state index contributed by atoms with van der Waals surface area (Å²) in [4.78, 5) is 0. The van der Waals surface area contributed by atoms with Gasteiger partial charge in [-0.05, 0) is 12.1 Å². The predicted octanol–water partition coefficient (Wildman–Crippen LogP) is 1.74. The summed E-state index contributed by atoms with van der Waals surface area (Å²) in [7, 11) is 0. The summed E-state index contributed by atoms with van der Waals surface area (Å²) in [6, 6.07) is 3.90. The van der Waals surface area contributed by atoms with Gasteiger partial charge in [0.15, 0.2) is 0 Å². The minimum atomic E-state index is 0.654. The molecule has 0 atom stereocenters. The number of rotatable bonds is 6. The third kappa shape index (κ3) is 4.66. The first-order valence-corrected chi connectivity index (χ1v) is 5.33. The fraction of sp³-hybridized carbons (Fsp3) is 0.400. The summed E-state index contributed by atoms with van der Waals surface area (Å²) < 4.78 is 5.19. The van der Waals surface area contributed by atoms with Crippen molar-refractivity contribution in [1.82, 2.24) is 5.32 Å². The molecule has 0 spiro atoms. The Hall–Kier alpha value is -0.850. The fourth-order valence-electron chi connectivity index (χ4n) is 0.872. The third-order valence-electron chi connectivity index (χ3n) is 1.47. The van der Waals surface area contributed by atoms with Crippen LogP contribution in [-0.4, -0.2) is 18.8 Å². The van der Waals surface area contributed by atoms with E-state index in [0.29, 0.717) is 6.54 Å². The van der Waals surface area contributed by atoms with Crippen LogP contribution in [-0.2, 0) is 5.75 Å². The molecule has 1 aromatic heterocycles. The smallest absolute Gasteiger partial charge is 0.113 e. The molecular weight excluding hydrogens is 182 g/mol. The lowest BCUT2D eigenvalue weighted by Gasteiger charge is -1.99. The molecule has 0 aliphatic carbocycles. The van der Waals surface area contributed by atoms with Gasteiger partial charge >= 0.3 is 0 Å². The molecule has 0 unspecified atom stereocenters. The molecule has 3 heteroatoms. The first-order valence-electron chi connectivity index (χ1n) is 4.18. The minimum absolute atomic E-state index is 0.654. The first-order chi connectivity index (χ1) is 6.43. The number of hydrogen-bond acceptors (Lipinski definition) is 3. The second-order valence-electron chi connectivity index (χ2n) is 2.51. The van der Waals surface area contributed by atoms with Gasteiger partial charge in [0.1, 0.15) is 5.76 Å². The van der Waals surface area contributed by atoms with E-state index in [2.05, 4.69) is 11.2 Å². The van der Waals surface area contributed by atoms with Crippen molar-refractivity contribution < 1.29 is 4.42 Å². The largest absolute Gasteiger partial charge is 0.468 e. The van der Waals surface area contributed by atoms with E-state index in [-0.39, 0.29) is 0 Å². The van der Waals surface area contributed by atoms with Crippen LogP contribution >= 0.6 is 11.8 Å². The van der Waals surface area contributed by atoms with Crippen LogP contribution in [0.25, 0.3) is 0 Å². The van der Waals surface area contributed by atoms with E-state index >= 15 is 0 Å². The van der Waals surface area contributed by atoms with Crippen molar-refractivity contribution in [1.29, 1.82) is 0 Å². The molecule has 1 heterocycles. The van der Waals surface area contributed by atoms with E-state index in [1.165, 1.54) is 0 Å². The van der Waals surface area contributed by atoms with Gasteiger partial charge in [0.25, 0.3) is 0 Å². The Kier molecular flexibility index (Phi) is 5.23. The number of terminal acetylenes is 1. The van der Waals surface area contributed by atoms with E-state index in [9.17, 15) is 0 Å². The van der Waals surface area contributed by atoms with Crippen LogP contribution in [0.1, 0.15) is 5.76 Å². The van der Waals surface area contributed by atoms with Crippen molar-refractivity contribution in [3.05, 3.63) is 24.2 Å². The Morgan fingerprint density at radius 1 is 1.62 bits per heavy atom. The second-order valence-corrected chi connectivity index (χ2v) is 3.62. The lowest BCUT2D eigenvalue weighted by Crippen LogP contribution is -2.16. The molecule has 1 rings (SSSR count). The summed E-state index contributed by atoms with van der Waals surface area (Å²) in [5, 5.41) is 3.13. The van der Waals surface area contributed by atoms with E-state index in [1.807, 2.05) is 23.9 Å². The molecule has 0 amide bonds. The van der Waals surface area contributed by atoms with Gasteiger partial charge in [-0.15, -0.1) is 6.42 Å². The van der Waals surface area contributed by atoms with Crippen LogP contribution in [0.3, 0.4) is 0 Å². The van der Waals surface area contributed by atoms with Gasteiger partial charge in [-0.1, -0.05) is 5.92 Å². The third-order valence-corrected chi connectivity index (χ3v) is 2.46. The van der Waals surface area contributed by atoms with Crippen LogP contribution in [0.15, 0.2) is 22.8 Å². The summed E-state index contributed by atoms with van der Waals surface area (Å²) in [5.41, 5.74) is 0. The topological polar surface area (TPSA) is 25.2 Å². The lowest BCUT2D eigenvalue weighted by atomic mass is 10.5. The predicted molar refractivity (Wildman–Crippen MR) is 56.6 cm³/mol. The zero-order valence-corrected chi connectivity index (χ0v) is 8.27. The molecule has 0 radical (unpaired) electrons. The molecular formula is C10H13NOS. The molecule has 13 heavy (non-hydrogen) atoms. The Bertz CT molecular complexity index is 250. The summed E-state index contributed by atoms with van der Waals surface area (Å²) in [6.45, 7) is 1.61. The maximum atomic E-state index is 5.19. The molecule has 0 bridgehead atoms. The van der Waals surface area contributed by atoms with Crippen molar-refractivity contribution in [2.75, 3.05) is 18.8 Å². The van der Waals surface area contributed by atoms with Gasteiger partial charge in [0, 0.05) is 12.3 Å². The van der Waals surface area contributed by atoms with Crippen molar-refractivity contribution in [2.24, 2.45) is 0 Å². The molecule has 0 aliphatic heterocycles. The summed E-state index contributed by atoms with van der Waals surface area (Å²) in [6.07, 6.45) is 6.79. The SMILES string of the molecule is C#CCNCCSCc1ccco1. The number of hydrogen-bond donors (Lipinski definition) is 1. The second kappa shape index (κ2) is 6.64. The minimum Gasteiger partial charge on any atom is -0.468 e. The molecule has 0 saturated heterocycles. The summed E-state index contributed by atoms with van der Waals surface area (Å²) >= 11 is 1.84. The Morgan fingerprint density at radius 3 is 3.23 bits per heavy atom. The van der Waals surface area contributed by atoms with Crippen LogP contribution in [0.2, 0.25) is 0 Å². The molecule has 0 aromatic carbocycles. The van der Waals surface area contributed by atoms with Gasteiger partial charge in [0.2, 0.25) is 0 Å². The van der Waals surface area contributed by atoms with Crippen LogP contribution in [0.5, 0.6) is 0 Å². The quantitative estimate of drug-likeness (QED) is 0.553. The average molecular weight is 195 g/mol. The van der Waals surface area contributed by atoms with Crippen molar-refractivity contribution in [3.63, 3.8) is 0 Å². The molecule has 0 fully saturated rings. The maximum absolute atomic E-state index is 5.19. The van der Waals surface area contributed by atoms with Crippen LogP contribution in [0, 0.1) is 12.3 Å². The fourth-order valence-corrected chi connectivity index (χ4v) is 1.67.